The van der Waals surface area contributed by atoms with Crippen LogP contribution in [0.2, 0.25) is 0 Å². The molecule has 1 unspecified atom stereocenters. The van der Waals surface area contributed by atoms with Crippen molar-refractivity contribution in [1.29, 1.82) is 0 Å². The molecule has 2 heteroatoms. The van der Waals surface area contributed by atoms with Crippen LogP contribution in [0.25, 0.3) is 0 Å². The summed E-state index contributed by atoms with van der Waals surface area (Å²) in [6, 6.07) is 6.13. The van der Waals surface area contributed by atoms with Crippen LogP contribution in [0.1, 0.15) is 32.3 Å². The van der Waals surface area contributed by atoms with Gasteiger partial charge < -0.3 is 4.74 Å². The van der Waals surface area contributed by atoms with Gasteiger partial charge in [0.15, 0.2) is 0 Å². The highest BCUT2D eigenvalue weighted by Gasteiger charge is 2.04. The predicted octanol–water partition coefficient (Wildman–Crippen LogP) is 4.57. The van der Waals surface area contributed by atoms with E-state index in [2.05, 4.69) is 42.8 Å². The van der Waals surface area contributed by atoms with Crippen molar-refractivity contribution in [3.8, 4) is 5.75 Å². The Balaban J connectivity index is 2.50. The second kappa shape index (κ2) is 6.16. The summed E-state index contributed by atoms with van der Waals surface area (Å²) < 4.78 is 6.89. The third-order valence-electron chi connectivity index (χ3n) is 2.44. The topological polar surface area (TPSA) is 9.23 Å². The van der Waals surface area contributed by atoms with Crippen LogP contribution in [-0.2, 0) is 0 Å². The summed E-state index contributed by atoms with van der Waals surface area (Å²) in [4.78, 5) is 0. The SMILES string of the molecule is CCCC(C)COc1ccc(Br)cc1C. The van der Waals surface area contributed by atoms with E-state index in [0.29, 0.717) is 5.92 Å². The maximum Gasteiger partial charge on any atom is 0.122 e. The lowest BCUT2D eigenvalue weighted by molar-refractivity contribution is 0.250. The van der Waals surface area contributed by atoms with Crippen molar-refractivity contribution in [3.05, 3.63) is 28.2 Å². The number of hydrogen-bond acceptors (Lipinski definition) is 1. The van der Waals surface area contributed by atoms with Gasteiger partial charge in [0, 0.05) is 4.47 Å². The molecule has 1 nitrogen and oxygen atoms in total. The highest BCUT2D eigenvalue weighted by molar-refractivity contribution is 9.10. The fourth-order valence-electron chi connectivity index (χ4n) is 1.58. The first kappa shape index (κ1) is 12.6. The van der Waals surface area contributed by atoms with Crippen molar-refractivity contribution < 1.29 is 4.74 Å². The summed E-state index contributed by atoms with van der Waals surface area (Å²) in [5.74, 6) is 1.64. The van der Waals surface area contributed by atoms with Gasteiger partial charge in [-0.3, -0.25) is 0 Å². The third-order valence-corrected chi connectivity index (χ3v) is 2.94. The Morgan fingerprint density at radius 3 is 2.73 bits per heavy atom. The Kier molecular flexibility index (Phi) is 5.16. The number of ether oxygens (including phenoxy) is 1. The normalized spacial score (nSPS) is 12.5. The quantitative estimate of drug-likeness (QED) is 0.762. The summed E-state index contributed by atoms with van der Waals surface area (Å²) in [7, 11) is 0. The van der Waals surface area contributed by atoms with Gasteiger partial charge in [0.05, 0.1) is 6.61 Å². The molecule has 1 atom stereocenters. The van der Waals surface area contributed by atoms with E-state index in [4.69, 9.17) is 4.74 Å². The number of halogens is 1. The molecule has 0 radical (unpaired) electrons. The highest BCUT2D eigenvalue weighted by Crippen LogP contribution is 2.22. The van der Waals surface area contributed by atoms with Crippen molar-refractivity contribution in [2.24, 2.45) is 5.92 Å². The van der Waals surface area contributed by atoms with E-state index in [9.17, 15) is 0 Å². The molecule has 0 amide bonds. The minimum absolute atomic E-state index is 0.637. The second-order valence-electron chi connectivity index (χ2n) is 4.11. The third kappa shape index (κ3) is 4.25. The Morgan fingerprint density at radius 1 is 1.40 bits per heavy atom. The van der Waals surface area contributed by atoms with E-state index in [-0.39, 0.29) is 0 Å². The Bertz CT molecular complexity index is 309. The Morgan fingerprint density at radius 2 is 2.13 bits per heavy atom. The largest absolute Gasteiger partial charge is 0.493 e. The zero-order valence-corrected chi connectivity index (χ0v) is 11.3. The number of hydrogen-bond donors (Lipinski definition) is 0. The maximum absolute atomic E-state index is 5.79. The van der Waals surface area contributed by atoms with Gasteiger partial charge in [-0.2, -0.15) is 0 Å². The molecule has 1 aromatic carbocycles. The smallest absolute Gasteiger partial charge is 0.122 e. The summed E-state index contributed by atoms with van der Waals surface area (Å²) in [6.45, 7) is 7.33. The molecule has 0 aliphatic carbocycles. The van der Waals surface area contributed by atoms with Crippen molar-refractivity contribution in [2.45, 2.75) is 33.6 Å². The molecule has 15 heavy (non-hydrogen) atoms. The lowest BCUT2D eigenvalue weighted by atomic mass is 10.1. The van der Waals surface area contributed by atoms with E-state index in [1.54, 1.807) is 0 Å². The molecular weight excluding hydrogens is 252 g/mol. The van der Waals surface area contributed by atoms with Crippen molar-refractivity contribution >= 4 is 15.9 Å². The second-order valence-corrected chi connectivity index (χ2v) is 5.03. The van der Waals surface area contributed by atoms with E-state index >= 15 is 0 Å². The summed E-state index contributed by atoms with van der Waals surface area (Å²) in [5.41, 5.74) is 1.19. The number of aryl methyl sites for hydroxylation is 1. The molecule has 0 aliphatic rings. The molecule has 0 saturated heterocycles. The Hall–Kier alpha value is -0.500. The first-order valence-electron chi connectivity index (χ1n) is 5.52. The molecule has 0 heterocycles. The fourth-order valence-corrected chi connectivity index (χ4v) is 2.06. The van der Waals surface area contributed by atoms with E-state index in [1.165, 1.54) is 18.4 Å². The van der Waals surface area contributed by atoms with Gasteiger partial charge in [0.2, 0.25) is 0 Å². The predicted molar refractivity (Wildman–Crippen MR) is 68.4 cm³/mol. The van der Waals surface area contributed by atoms with Crippen molar-refractivity contribution in [1.82, 2.24) is 0 Å². The minimum atomic E-state index is 0.637. The molecule has 0 aromatic heterocycles. The molecule has 0 aliphatic heterocycles. The van der Waals surface area contributed by atoms with E-state index < -0.39 is 0 Å². The average Bonchev–Trinajstić information content (AvgIpc) is 2.17. The van der Waals surface area contributed by atoms with Crippen molar-refractivity contribution in [2.75, 3.05) is 6.61 Å². The van der Waals surface area contributed by atoms with Gasteiger partial charge in [-0.25, -0.2) is 0 Å². The van der Waals surface area contributed by atoms with Crippen LogP contribution in [0.4, 0.5) is 0 Å². The summed E-state index contributed by atoms with van der Waals surface area (Å²) in [6.07, 6.45) is 2.46. The summed E-state index contributed by atoms with van der Waals surface area (Å²) >= 11 is 3.45. The molecule has 0 saturated carbocycles. The first-order valence-corrected chi connectivity index (χ1v) is 6.31. The van der Waals surface area contributed by atoms with Gasteiger partial charge in [0.25, 0.3) is 0 Å². The highest BCUT2D eigenvalue weighted by atomic mass is 79.9. The van der Waals surface area contributed by atoms with Gasteiger partial charge >= 0.3 is 0 Å². The molecule has 0 bridgehead atoms. The molecule has 0 spiro atoms. The molecule has 1 aromatic rings. The zero-order valence-electron chi connectivity index (χ0n) is 9.72. The van der Waals surface area contributed by atoms with Gasteiger partial charge in [0.1, 0.15) is 5.75 Å². The monoisotopic (exact) mass is 270 g/mol. The average molecular weight is 271 g/mol. The molecule has 0 fully saturated rings. The van der Waals surface area contributed by atoms with Gasteiger partial charge in [-0.05, 0) is 43.0 Å². The van der Waals surface area contributed by atoms with Crippen LogP contribution in [0.15, 0.2) is 22.7 Å². The van der Waals surface area contributed by atoms with Crippen LogP contribution >= 0.6 is 15.9 Å². The van der Waals surface area contributed by atoms with Gasteiger partial charge in [-0.15, -0.1) is 0 Å². The standard InChI is InChI=1S/C13H19BrO/c1-4-5-10(2)9-15-13-7-6-12(14)8-11(13)3/h6-8,10H,4-5,9H2,1-3H3. The van der Waals surface area contributed by atoms with Crippen LogP contribution < -0.4 is 4.74 Å². The lowest BCUT2D eigenvalue weighted by Crippen LogP contribution is -2.08. The number of benzene rings is 1. The van der Waals surface area contributed by atoms with E-state index in [1.807, 2.05) is 12.1 Å². The maximum atomic E-state index is 5.79. The van der Waals surface area contributed by atoms with Crippen LogP contribution in [0.5, 0.6) is 5.75 Å². The molecular formula is C13H19BrO. The van der Waals surface area contributed by atoms with Crippen molar-refractivity contribution in [3.63, 3.8) is 0 Å². The molecule has 0 N–H and O–H groups in total. The first-order chi connectivity index (χ1) is 7.13. The molecule has 84 valence electrons. The number of rotatable bonds is 5. The summed E-state index contributed by atoms with van der Waals surface area (Å²) in [5, 5.41) is 0. The van der Waals surface area contributed by atoms with Crippen LogP contribution in [-0.4, -0.2) is 6.61 Å². The fraction of sp³-hybridized carbons (Fsp3) is 0.538. The minimum Gasteiger partial charge on any atom is -0.493 e. The zero-order chi connectivity index (χ0) is 11.3. The van der Waals surface area contributed by atoms with Gasteiger partial charge in [-0.1, -0.05) is 36.2 Å². The Labute approximate surface area is 101 Å². The van der Waals surface area contributed by atoms with E-state index in [0.717, 1.165) is 16.8 Å². The molecule has 1 rings (SSSR count). The lowest BCUT2D eigenvalue weighted by Gasteiger charge is -2.13. The van der Waals surface area contributed by atoms with Crippen LogP contribution in [0, 0.1) is 12.8 Å². The van der Waals surface area contributed by atoms with Crippen LogP contribution in [0.3, 0.4) is 0 Å².